The molecular formula is C29H32N6O3. The van der Waals surface area contributed by atoms with Crippen molar-refractivity contribution in [2.45, 2.75) is 77.2 Å². The van der Waals surface area contributed by atoms with Gasteiger partial charge >= 0.3 is 6.09 Å². The zero-order valence-electron chi connectivity index (χ0n) is 22.1. The summed E-state index contributed by atoms with van der Waals surface area (Å²) < 4.78 is 11.9. The molecule has 0 saturated carbocycles. The van der Waals surface area contributed by atoms with Gasteiger partial charge in [0.1, 0.15) is 11.7 Å². The summed E-state index contributed by atoms with van der Waals surface area (Å²) in [4.78, 5) is 19.0. The first-order chi connectivity index (χ1) is 18.2. The molecule has 5 heterocycles. The summed E-state index contributed by atoms with van der Waals surface area (Å²) in [7, 11) is 0. The number of amides is 1. The van der Waals surface area contributed by atoms with Gasteiger partial charge < -0.3 is 14.4 Å². The van der Waals surface area contributed by atoms with E-state index in [0.717, 1.165) is 64.7 Å². The molecule has 1 amide bonds. The maximum Gasteiger partial charge on any atom is 0.410 e. The van der Waals surface area contributed by atoms with Crippen molar-refractivity contribution in [2.75, 3.05) is 0 Å². The summed E-state index contributed by atoms with van der Waals surface area (Å²) in [6, 6.07) is 12.3. The molecular weight excluding hydrogens is 480 g/mol. The maximum absolute atomic E-state index is 12.7. The zero-order valence-corrected chi connectivity index (χ0v) is 22.1. The van der Waals surface area contributed by atoms with E-state index in [-0.39, 0.29) is 24.3 Å². The summed E-state index contributed by atoms with van der Waals surface area (Å²) in [5, 5.41) is 17.3. The van der Waals surface area contributed by atoms with Crippen LogP contribution >= 0.6 is 0 Å². The topological polar surface area (TPSA) is 106 Å². The van der Waals surface area contributed by atoms with Gasteiger partial charge in [-0.3, -0.25) is 10.1 Å². The fourth-order valence-electron chi connectivity index (χ4n) is 5.75. The van der Waals surface area contributed by atoms with Crippen molar-refractivity contribution in [1.29, 1.82) is 0 Å². The van der Waals surface area contributed by atoms with Gasteiger partial charge in [-0.2, -0.15) is 5.10 Å². The summed E-state index contributed by atoms with van der Waals surface area (Å²) in [5.41, 5.74) is 5.22. The van der Waals surface area contributed by atoms with E-state index in [1.165, 1.54) is 0 Å². The number of carbonyl (C=O) groups is 1. The number of aromatic amines is 1. The van der Waals surface area contributed by atoms with Crippen LogP contribution in [0, 0.1) is 6.92 Å². The third-order valence-electron chi connectivity index (χ3n) is 7.32. The van der Waals surface area contributed by atoms with Gasteiger partial charge in [-0.25, -0.2) is 4.79 Å². The number of nitrogens with one attached hydrogen (secondary N) is 1. The Kier molecular flexibility index (Phi) is 6.01. The molecule has 2 saturated heterocycles. The number of nitrogens with zero attached hydrogens (tertiary/aromatic N) is 5. The molecule has 2 atom stereocenters. The molecule has 0 spiro atoms. The Balaban J connectivity index is 1.17. The number of pyridine rings is 1. The number of carbonyl (C=O) groups excluding carboxylic acids is 1. The minimum Gasteiger partial charge on any atom is -0.473 e. The Bertz CT molecular complexity index is 1460. The standard InChI is InChI=1S/C29H32N6O3/c1-17-13-18(11-12-30-17)22-7-8-23(27-24(22)16-31-34-27)25-9-10-26(33-32-25)37-21-14-19-5-6-20(15-21)35(19)28(36)38-29(2,3)4/h7-13,16,19-21H,5-6,14-15H2,1-4H3,(H,31,34). The molecule has 2 fully saturated rings. The summed E-state index contributed by atoms with van der Waals surface area (Å²) in [6.07, 6.45) is 6.92. The van der Waals surface area contributed by atoms with Gasteiger partial charge in [-0.1, -0.05) is 6.07 Å². The number of piperidine rings is 1. The van der Waals surface area contributed by atoms with Crippen LogP contribution in [0.1, 0.15) is 52.1 Å². The molecule has 2 bridgehead atoms. The molecule has 2 aliphatic rings. The Hall–Kier alpha value is -4.01. The highest BCUT2D eigenvalue weighted by Crippen LogP contribution is 2.38. The number of hydrogen-bond acceptors (Lipinski definition) is 7. The van der Waals surface area contributed by atoms with Crippen LogP contribution < -0.4 is 4.74 Å². The molecule has 38 heavy (non-hydrogen) atoms. The van der Waals surface area contributed by atoms with Crippen LogP contribution in [-0.4, -0.2) is 60.2 Å². The Labute approximate surface area is 221 Å². The molecule has 1 aromatic carbocycles. The molecule has 9 heteroatoms. The van der Waals surface area contributed by atoms with Gasteiger partial charge in [-0.05, 0) is 75.9 Å². The number of benzene rings is 1. The number of rotatable bonds is 4. The van der Waals surface area contributed by atoms with Gasteiger partial charge in [0.25, 0.3) is 0 Å². The van der Waals surface area contributed by atoms with Crippen molar-refractivity contribution in [3.63, 3.8) is 0 Å². The van der Waals surface area contributed by atoms with Crippen LogP contribution in [0.4, 0.5) is 4.79 Å². The van der Waals surface area contributed by atoms with Crippen LogP contribution in [-0.2, 0) is 4.74 Å². The maximum atomic E-state index is 12.7. The molecule has 2 aliphatic heterocycles. The van der Waals surface area contributed by atoms with Crippen LogP contribution in [0.25, 0.3) is 33.3 Å². The van der Waals surface area contributed by atoms with Crippen LogP contribution in [0.2, 0.25) is 0 Å². The van der Waals surface area contributed by atoms with E-state index in [1.54, 1.807) is 0 Å². The highest BCUT2D eigenvalue weighted by molar-refractivity contribution is 6.01. The third-order valence-corrected chi connectivity index (χ3v) is 7.32. The van der Waals surface area contributed by atoms with Crippen LogP contribution in [0.3, 0.4) is 0 Å². The number of fused-ring (bicyclic) bond motifs is 3. The average molecular weight is 513 g/mol. The van der Waals surface area contributed by atoms with Crippen LogP contribution in [0.5, 0.6) is 5.88 Å². The fraction of sp³-hybridized carbons (Fsp3) is 0.414. The summed E-state index contributed by atoms with van der Waals surface area (Å²) in [5.74, 6) is 0.494. The number of hydrogen-bond donors (Lipinski definition) is 1. The van der Waals surface area contributed by atoms with Crippen molar-refractivity contribution in [3.8, 4) is 28.3 Å². The molecule has 1 N–H and O–H groups in total. The monoisotopic (exact) mass is 512 g/mol. The summed E-state index contributed by atoms with van der Waals surface area (Å²) >= 11 is 0. The van der Waals surface area contributed by atoms with Gasteiger partial charge in [0.15, 0.2) is 0 Å². The first kappa shape index (κ1) is 24.3. The second-order valence-corrected chi connectivity index (χ2v) is 11.2. The lowest BCUT2D eigenvalue weighted by molar-refractivity contribution is -0.00771. The number of H-pyrrole nitrogens is 1. The number of ether oxygens (including phenoxy) is 2. The SMILES string of the molecule is Cc1cc(-c2ccc(-c3ccc(OC4CC5CCC(C4)N5C(=O)OC(C)(C)C)nn3)c3[nH]ncc23)ccn1. The molecule has 3 aromatic heterocycles. The normalized spacial score (nSPS) is 21.1. The lowest BCUT2D eigenvalue weighted by Crippen LogP contribution is -2.50. The van der Waals surface area contributed by atoms with E-state index in [0.29, 0.717) is 5.88 Å². The quantitative estimate of drug-likeness (QED) is 0.374. The zero-order chi connectivity index (χ0) is 26.4. The van der Waals surface area contributed by atoms with Crippen molar-refractivity contribution in [2.24, 2.45) is 0 Å². The largest absolute Gasteiger partial charge is 0.473 e. The van der Waals surface area contributed by atoms with Crippen molar-refractivity contribution in [1.82, 2.24) is 30.3 Å². The Morgan fingerprint density at radius 3 is 2.47 bits per heavy atom. The fourth-order valence-corrected chi connectivity index (χ4v) is 5.75. The molecule has 0 radical (unpaired) electrons. The minimum atomic E-state index is -0.499. The molecule has 196 valence electrons. The number of aromatic nitrogens is 5. The van der Waals surface area contributed by atoms with Gasteiger partial charge in [-0.15, -0.1) is 10.2 Å². The third kappa shape index (κ3) is 4.68. The van der Waals surface area contributed by atoms with Crippen LogP contribution in [0.15, 0.2) is 48.8 Å². The molecule has 2 unspecified atom stereocenters. The molecule has 6 rings (SSSR count). The van der Waals surface area contributed by atoms with E-state index in [4.69, 9.17) is 9.47 Å². The van der Waals surface area contributed by atoms with Gasteiger partial charge in [0, 0.05) is 53.8 Å². The lowest BCUT2D eigenvalue weighted by atomic mass is 9.98. The van der Waals surface area contributed by atoms with Crippen molar-refractivity contribution in [3.05, 3.63) is 54.5 Å². The summed E-state index contributed by atoms with van der Waals surface area (Å²) in [6.45, 7) is 7.69. The Morgan fingerprint density at radius 2 is 1.79 bits per heavy atom. The van der Waals surface area contributed by atoms with Crippen molar-refractivity contribution < 1.29 is 14.3 Å². The van der Waals surface area contributed by atoms with E-state index in [2.05, 4.69) is 37.5 Å². The highest BCUT2D eigenvalue weighted by Gasteiger charge is 2.45. The Morgan fingerprint density at radius 1 is 1.03 bits per heavy atom. The lowest BCUT2D eigenvalue weighted by Gasteiger charge is -2.39. The van der Waals surface area contributed by atoms with Gasteiger partial charge in [0.05, 0.1) is 17.4 Å². The predicted molar refractivity (Wildman–Crippen MR) is 144 cm³/mol. The average Bonchev–Trinajstić information content (AvgIpc) is 3.46. The molecule has 0 aliphatic carbocycles. The minimum absolute atomic E-state index is 0.00578. The highest BCUT2D eigenvalue weighted by atomic mass is 16.6. The smallest absolute Gasteiger partial charge is 0.410 e. The molecule has 9 nitrogen and oxygen atoms in total. The van der Waals surface area contributed by atoms with Gasteiger partial charge in [0.2, 0.25) is 5.88 Å². The van der Waals surface area contributed by atoms with E-state index in [9.17, 15) is 4.79 Å². The predicted octanol–water partition coefficient (Wildman–Crippen LogP) is 5.70. The number of aryl methyl sites for hydroxylation is 1. The van der Waals surface area contributed by atoms with E-state index in [1.807, 2.05) is 69.3 Å². The van der Waals surface area contributed by atoms with Crippen molar-refractivity contribution >= 4 is 17.0 Å². The van der Waals surface area contributed by atoms with E-state index >= 15 is 0 Å². The second-order valence-electron chi connectivity index (χ2n) is 11.2. The first-order valence-electron chi connectivity index (χ1n) is 13.2. The molecule has 4 aromatic rings. The second kappa shape index (κ2) is 9.38. The first-order valence-corrected chi connectivity index (χ1v) is 13.2. The van der Waals surface area contributed by atoms with E-state index < -0.39 is 5.60 Å².